The lowest BCUT2D eigenvalue weighted by molar-refractivity contribution is -0.133. The molecule has 5 heteroatoms. The predicted octanol–water partition coefficient (Wildman–Crippen LogP) is 4.42. The second-order valence-electron chi connectivity index (χ2n) is 7.47. The second-order valence-corrected chi connectivity index (χ2v) is 8.55. The first-order valence-electron chi connectivity index (χ1n) is 9.59. The van der Waals surface area contributed by atoms with Crippen LogP contribution in [-0.4, -0.2) is 47.7 Å². The monoisotopic (exact) mass is 379 g/mol. The first kappa shape index (κ1) is 18.1. The van der Waals surface area contributed by atoms with Crippen molar-refractivity contribution in [3.05, 3.63) is 54.1 Å². The van der Waals surface area contributed by atoms with Crippen LogP contribution in [0.2, 0.25) is 0 Å². The molecule has 2 aromatic carbocycles. The Bertz CT molecular complexity index is 869. The molecule has 2 aliphatic rings. The maximum Gasteiger partial charge on any atom is 0.222 e. The summed E-state index contributed by atoms with van der Waals surface area (Å²) in [6.07, 6.45) is 0.633. The number of hydrogen-bond acceptors (Lipinski definition) is 4. The summed E-state index contributed by atoms with van der Waals surface area (Å²) in [6.45, 7) is 7.37. The Morgan fingerprint density at radius 1 is 1.00 bits per heavy atom. The van der Waals surface area contributed by atoms with Crippen LogP contribution in [0, 0.1) is 5.92 Å². The maximum absolute atomic E-state index is 12.4. The molecule has 1 saturated heterocycles. The first-order chi connectivity index (χ1) is 13.1. The lowest BCUT2D eigenvalue weighted by Crippen LogP contribution is -2.51. The average molecular weight is 380 g/mol. The van der Waals surface area contributed by atoms with Gasteiger partial charge in [0.15, 0.2) is 0 Å². The van der Waals surface area contributed by atoms with Crippen LogP contribution in [-0.2, 0) is 4.79 Å². The summed E-state index contributed by atoms with van der Waals surface area (Å²) in [7, 11) is 0. The summed E-state index contributed by atoms with van der Waals surface area (Å²) >= 11 is 1.78. The van der Waals surface area contributed by atoms with E-state index in [0.717, 1.165) is 37.7 Å². The van der Waals surface area contributed by atoms with Crippen molar-refractivity contribution in [2.75, 3.05) is 26.2 Å². The van der Waals surface area contributed by atoms with Crippen molar-refractivity contribution in [1.82, 2.24) is 9.80 Å². The molecule has 0 saturated carbocycles. The van der Waals surface area contributed by atoms with Crippen LogP contribution < -0.4 is 0 Å². The number of amides is 1. The highest BCUT2D eigenvalue weighted by Crippen LogP contribution is 2.40. The highest BCUT2D eigenvalue weighted by atomic mass is 32.2. The predicted molar refractivity (Wildman–Crippen MR) is 111 cm³/mol. The van der Waals surface area contributed by atoms with Gasteiger partial charge in [-0.3, -0.25) is 4.79 Å². The van der Waals surface area contributed by atoms with E-state index >= 15 is 0 Å². The van der Waals surface area contributed by atoms with E-state index in [4.69, 9.17) is 4.99 Å². The molecule has 1 fully saturated rings. The molecule has 140 valence electrons. The van der Waals surface area contributed by atoms with Crippen LogP contribution in [0.4, 0.5) is 5.69 Å². The van der Waals surface area contributed by atoms with Gasteiger partial charge in [0, 0.05) is 48.0 Å². The molecular formula is C22H25N3OS. The first-order valence-corrected chi connectivity index (χ1v) is 10.4. The van der Waals surface area contributed by atoms with Gasteiger partial charge in [0.1, 0.15) is 5.84 Å². The van der Waals surface area contributed by atoms with Gasteiger partial charge in [0.05, 0.1) is 5.69 Å². The van der Waals surface area contributed by atoms with Crippen LogP contribution in [0.25, 0.3) is 0 Å². The van der Waals surface area contributed by atoms with Crippen molar-refractivity contribution in [1.29, 1.82) is 0 Å². The van der Waals surface area contributed by atoms with Gasteiger partial charge >= 0.3 is 0 Å². The van der Waals surface area contributed by atoms with Crippen molar-refractivity contribution in [2.24, 2.45) is 10.9 Å². The topological polar surface area (TPSA) is 35.9 Å². The third-order valence-corrected chi connectivity index (χ3v) is 6.10. The number of amidine groups is 1. The van der Waals surface area contributed by atoms with E-state index in [1.807, 2.05) is 11.0 Å². The Hall–Kier alpha value is -2.27. The van der Waals surface area contributed by atoms with Crippen LogP contribution in [0.15, 0.2) is 63.3 Å². The zero-order valence-electron chi connectivity index (χ0n) is 15.9. The van der Waals surface area contributed by atoms with Gasteiger partial charge in [-0.1, -0.05) is 55.9 Å². The number of benzene rings is 2. The molecule has 0 spiro atoms. The van der Waals surface area contributed by atoms with Gasteiger partial charge in [-0.2, -0.15) is 0 Å². The van der Waals surface area contributed by atoms with E-state index < -0.39 is 0 Å². The van der Waals surface area contributed by atoms with E-state index in [2.05, 4.69) is 61.2 Å². The van der Waals surface area contributed by atoms with Crippen LogP contribution in [0.5, 0.6) is 0 Å². The highest BCUT2D eigenvalue weighted by molar-refractivity contribution is 7.99. The van der Waals surface area contributed by atoms with E-state index in [-0.39, 0.29) is 5.91 Å². The van der Waals surface area contributed by atoms with Crippen LogP contribution >= 0.6 is 11.8 Å². The summed E-state index contributed by atoms with van der Waals surface area (Å²) in [6, 6.07) is 16.8. The average Bonchev–Trinajstić information content (AvgIpc) is 2.84. The molecule has 0 N–H and O–H groups in total. The third kappa shape index (κ3) is 3.88. The minimum atomic E-state index is 0.272. The Balaban J connectivity index is 1.60. The number of rotatable bonds is 2. The molecule has 0 atom stereocenters. The largest absolute Gasteiger partial charge is 0.353 e. The van der Waals surface area contributed by atoms with Crippen LogP contribution in [0.3, 0.4) is 0 Å². The lowest BCUT2D eigenvalue weighted by Gasteiger charge is -2.37. The smallest absolute Gasteiger partial charge is 0.222 e. The minimum absolute atomic E-state index is 0.272. The molecule has 0 unspecified atom stereocenters. The van der Waals surface area contributed by atoms with Gasteiger partial charge in [0.25, 0.3) is 0 Å². The molecule has 4 nitrogen and oxygen atoms in total. The van der Waals surface area contributed by atoms with Crippen molar-refractivity contribution in [2.45, 2.75) is 30.1 Å². The fourth-order valence-electron chi connectivity index (χ4n) is 3.56. The zero-order chi connectivity index (χ0) is 18.8. The SMILES string of the molecule is CC(C)CC(=O)N1CCN(C2=Nc3ccccc3Sc3ccccc32)CC1. The molecule has 0 aliphatic carbocycles. The van der Waals surface area contributed by atoms with Crippen molar-refractivity contribution in [3.8, 4) is 0 Å². The number of carbonyl (C=O) groups excluding carboxylic acids is 1. The van der Waals surface area contributed by atoms with E-state index in [9.17, 15) is 4.79 Å². The molecule has 4 rings (SSSR count). The fourth-order valence-corrected chi connectivity index (χ4v) is 4.57. The third-order valence-electron chi connectivity index (χ3n) is 4.95. The number of aliphatic imine (C=N–C) groups is 1. The zero-order valence-corrected chi connectivity index (χ0v) is 16.7. The Morgan fingerprint density at radius 2 is 1.67 bits per heavy atom. The van der Waals surface area contributed by atoms with Gasteiger partial charge in [-0.25, -0.2) is 4.99 Å². The molecule has 1 amide bonds. The second kappa shape index (κ2) is 7.77. The summed E-state index contributed by atoms with van der Waals surface area (Å²) in [5, 5.41) is 0. The molecule has 27 heavy (non-hydrogen) atoms. The van der Waals surface area contributed by atoms with E-state index in [1.165, 1.54) is 15.4 Å². The molecule has 2 aliphatic heterocycles. The Labute approximate surface area is 165 Å². The number of fused-ring (bicyclic) bond motifs is 2. The molecule has 0 bridgehead atoms. The minimum Gasteiger partial charge on any atom is -0.353 e. The van der Waals surface area contributed by atoms with Gasteiger partial charge in [-0.05, 0) is 24.1 Å². The lowest BCUT2D eigenvalue weighted by atomic mass is 10.1. The van der Waals surface area contributed by atoms with Gasteiger partial charge < -0.3 is 9.80 Å². The van der Waals surface area contributed by atoms with Crippen molar-refractivity contribution < 1.29 is 4.79 Å². The summed E-state index contributed by atoms with van der Waals surface area (Å²) in [4.78, 5) is 24.2. The van der Waals surface area contributed by atoms with Crippen LogP contribution in [0.1, 0.15) is 25.8 Å². The van der Waals surface area contributed by atoms with E-state index in [0.29, 0.717) is 12.3 Å². The number of hydrogen-bond donors (Lipinski definition) is 0. The quantitative estimate of drug-likeness (QED) is 0.775. The normalized spacial score (nSPS) is 16.5. The standard InChI is InChI=1S/C22H25N3OS/c1-16(2)15-21(26)24-11-13-25(14-12-24)22-17-7-3-5-9-19(17)27-20-10-6-4-8-18(20)23-22/h3-10,16H,11-15H2,1-2H3. The Kier molecular flexibility index (Phi) is 5.21. The summed E-state index contributed by atoms with van der Waals surface area (Å²) in [5.74, 6) is 1.70. The van der Waals surface area contributed by atoms with Crippen molar-refractivity contribution in [3.63, 3.8) is 0 Å². The van der Waals surface area contributed by atoms with Gasteiger partial charge in [-0.15, -0.1) is 0 Å². The number of carbonyl (C=O) groups is 1. The Morgan fingerprint density at radius 3 is 2.41 bits per heavy atom. The number of piperazine rings is 1. The number of para-hydroxylation sites is 1. The fraction of sp³-hybridized carbons (Fsp3) is 0.364. The highest BCUT2D eigenvalue weighted by Gasteiger charge is 2.26. The summed E-state index contributed by atoms with van der Waals surface area (Å²) < 4.78 is 0. The molecule has 2 heterocycles. The van der Waals surface area contributed by atoms with E-state index in [1.54, 1.807) is 11.8 Å². The van der Waals surface area contributed by atoms with Crippen molar-refractivity contribution >= 4 is 29.2 Å². The maximum atomic E-state index is 12.4. The molecule has 0 aromatic heterocycles. The molecular weight excluding hydrogens is 354 g/mol. The summed E-state index contributed by atoms with van der Waals surface area (Å²) in [5.41, 5.74) is 2.20. The van der Waals surface area contributed by atoms with Gasteiger partial charge in [0.2, 0.25) is 5.91 Å². The molecule has 2 aromatic rings. The molecule has 0 radical (unpaired) electrons. The number of nitrogens with zero attached hydrogens (tertiary/aromatic N) is 3.